The van der Waals surface area contributed by atoms with Gasteiger partial charge in [-0.2, -0.15) is 0 Å². The highest BCUT2D eigenvalue weighted by atomic mass is 14.2. The summed E-state index contributed by atoms with van der Waals surface area (Å²) in [6.07, 6.45) is 2.34. The van der Waals surface area contributed by atoms with E-state index in [0.717, 1.165) is 6.42 Å². The molecular weight excluding hydrogens is 252 g/mol. The van der Waals surface area contributed by atoms with Gasteiger partial charge in [-0.25, -0.2) is 0 Å². The summed E-state index contributed by atoms with van der Waals surface area (Å²) in [5.74, 6) is 0. The first kappa shape index (κ1) is 15.6. The highest BCUT2D eigenvalue weighted by Gasteiger charge is 2.11. The zero-order chi connectivity index (χ0) is 15.4. The van der Waals surface area contributed by atoms with Crippen LogP contribution in [-0.2, 0) is 0 Å². The largest absolute Gasteiger partial charge is 0.0651 e. The monoisotopic (exact) mass is 278 g/mol. The van der Waals surface area contributed by atoms with Gasteiger partial charge in [0.2, 0.25) is 0 Å². The zero-order valence-electron chi connectivity index (χ0n) is 14.0. The van der Waals surface area contributed by atoms with E-state index in [2.05, 4.69) is 77.1 Å². The highest BCUT2D eigenvalue weighted by molar-refractivity contribution is 5.83. The Morgan fingerprint density at radius 1 is 0.857 bits per heavy atom. The summed E-state index contributed by atoms with van der Waals surface area (Å²) in [6.45, 7) is 11.0. The Bertz CT molecular complexity index is 642. The van der Waals surface area contributed by atoms with Crippen molar-refractivity contribution in [3.8, 4) is 0 Å². The molecule has 0 aliphatic heterocycles. The molecule has 0 heterocycles. The van der Waals surface area contributed by atoms with Gasteiger partial charge in [0.05, 0.1) is 0 Å². The van der Waals surface area contributed by atoms with Gasteiger partial charge < -0.3 is 0 Å². The third kappa shape index (κ3) is 3.64. The molecular formula is C21H26. The van der Waals surface area contributed by atoms with Gasteiger partial charge in [0.15, 0.2) is 0 Å². The molecule has 0 saturated heterocycles. The average Bonchev–Trinajstić information content (AvgIpc) is 2.44. The van der Waals surface area contributed by atoms with Gasteiger partial charge in [-0.15, -0.1) is 0 Å². The van der Waals surface area contributed by atoms with Crippen molar-refractivity contribution in [3.63, 3.8) is 0 Å². The molecule has 0 nitrogen and oxygen atoms in total. The van der Waals surface area contributed by atoms with E-state index in [9.17, 15) is 0 Å². The number of hydrogen-bond acceptors (Lipinski definition) is 0. The minimum absolute atomic E-state index is 1.15. The van der Waals surface area contributed by atoms with Gasteiger partial charge in [0.1, 0.15) is 0 Å². The molecule has 0 radical (unpaired) electrons. The molecule has 0 atom stereocenters. The second kappa shape index (κ2) is 6.76. The van der Waals surface area contributed by atoms with E-state index in [1.54, 1.807) is 0 Å². The second-order valence-electron chi connectivity index (χ2n) is 6.09. The van der Waals surface area contributed by atoms with Crippen molar-refractivity contribution < 1.29 is 0 Å². The Balaban J connectivity index is 2.61. The molecule has 0 aliphatic carbocycles. The first-order chi connectivity index (χ1) is 10.0. The Hall–Kier alpha value is -1.82. The number of benzene rings is 2. The quantitative estimate of drug-likeness (QED) is 0.621. The van der Waals surface area contributed by atoms with Crippen LogP contribution in [0.1, 0.15) is 54.5 Å². The molecule has 0 fully saturated rings. The van der Waals surface area contributed by atoms with E-state index in [4.69, 9.17) is 0 Å². The lowest BCUT2D eigenvalue weighted by Gasteiger charge is -2.16. The van der Waals surface area contributed by atoms with Crippen LogP contribution >= 0.6 is 0 Å². The number of rotatable bonds is 4. The predicted molar refractivity (Wildman–Crippen MR) is 93.7 cm³/mol. The van der Waals surface area contributed by atoms with E-state index in [1.165, 1.54) is 45.4 Å². The van der Waals surface area contributed by atoms with E-state index in [1.807, 2.05) is 0 Å². The molecule has 21 heavy (non-hydrogen) atoms. The molecule has 0 unspecified atom stereocenters. The summed E-state index contributed by atoms with van der Waals surface area (Å²) in [5, 5.41) is 0. The standard InChI is InChI=1S/C21H26/c1-6-7-17(4)21(19-11-8-15(2)9-12-19)20-13-10-16(3)14-18(20)5/h8-14H,6-7H2,1-5H3/b21-17-. The van der Waals surface area contributed by atoms with Gasteiger partial charge in [0.25, 0.3) is 0 Å². The molecule has 2 aromatic carbocycles. The van der Waals surface area contributed by atoms with Crippen LogP contribution in [0.15, 0.2) is 48.0 Å². The smallest absolute Gasteiger partial charge is 0.0120 e. The normalized spacial score (nSPS) is 12.2. The van der Waals surface area contributed by atoms with Gasteiger partial charge in [-0.3, -0.25) is 0 Å². The minimum Gasteiger partial charge on any atom is -0.0651 e. The molecule has 0 aromatic heterocycles. The first-order valence-electron chi connectivity index (χ1n) is 7.87. The van der Waals surface area contributed by atoms with Crippen LogP contribution in [-0.4, -0.2) is 0 Å². The zero-order valence-corrected chi connectivity index (χ0v) is 14.0. The van der Waals surface area contributed by atoms with Crippen molar-refractivity contribution in [2.24, 2.45) is 0 Å². The fourth-order valence-corrected chi connectivity index (χ4v) is 2.95. The third-order valence-corrected chi connectivity index (χ3v) is 4.04. The molecule has 0 amide bonds. The molecule has 0 saturated carbocycles. The Morgan fingerprint density at radius 3 is 2.05 bits per heavy atom. The number of allylic oxidation sites excluding steroid dienone is 1. The van der Waals surface area contributed by atoms with Gasteiger partial charge in [-0.1, -0.05) is 72.5 Å². The van der Waals surface area contributed by atoms with Gasteiger partial charge in [-0.05, 0) is 56.4 Å². The van der Waals surface area contributed by atoms with Crippen LogP contribution in [0.5, 0.6) is 0 Å². The highest BCUT2D eigenvalue weighted by Crippen LogP contribution is 2.31. The fourth-order valence-electron chi connectivity index (χ4n) is 2.95. The molecule has 110 valence electrons. The second-order valence-corrected chi connectivity index (χ2v) is 6.09. The summed E-state index contributed by atoms with van der Waals surface area (Å²) in [4.78, 5) is 0. The molecule has 0 spiro atoms. The maximum Gasteiger partial charge on any atom is -0.0120 e. The predicted octanol–water partition coefficient (Wildman–Crippen LogP) is 6.23. The van der Waals surface area contributed by atoms with Crippen LogP contribution < -0.4 is 0 Å². The van der Waals surface area contributed by atoms with E-state index in [0.29, 0.717) is 0 Å². The molecule has 0 aliphatic rings. The summed E-state index contributed by atoms with van der Waals surface area (Å²) in [5.41, 5.74) is 9.59. The van der Waals surface area contributed by atoms with Crippen LogP contribution in [0.4, 0.5) is 0 Å². The summed E-state index contributed by atoms with van der Waals surface area (Å²) in [7, 11) is 0. The molecule has 2 rings (SSSR count). The van der Waals surface area contributed by atoms with Crippen molar-refractivity contribution in [2.45, 2.75) is 47.5 Å². The third-order valence-electron chi connectivity index (χ3n) is 4.04. The Labute approximate surface area is 129 Å². The van der Waals surface area contributed by atoms with Crippen LogP contribution in [0.2, 0.25) is 0 Å². The van der Waals surface area contributed by atoms with E-state index >= 15 is 0 Å². The van der Waals surface area contributed by atoms with Gasteiger partial charge in [0, 0.05) is 0 Å². The lowest BCUT2D eigenvalue weighted by molar-refractivity contribution is 0.907. The van der Waals surface area contributed by atoms with E-state index < -0.39 is 0 Å². The van der Waals surface area contributed by atoms with Crippen LogP contribution in [0.3, 0.4) is 0 Å². The van der Waals surface area contributed by atoms with E-state index in [-0.39, 0.29) is 0 Å². The lowest BCUT2D eigenvalue weighted by Crippen LogP contribution is -1.96. The average molecular weight is 278 g/mol. The fraction of sp³-hybridized carbons (Fsp3) is 0.333. The van der Waals surface area contributed by atoms with Crippen molar-refractivity contribution in [1.29, 1.82) is 0 Å². The maximum absolute atomic E-state index is 2.28. The Morgan fingerprint density at radius 2 is 1.48 bits per heavy atom. The number of aryl methyl sites for hydroxylation is 3. The van der Waals surface area contributed by atoms with Crippen molar-refractivity contribution in [3.05, 3.63) is 75.9 Å². The number of hydrogen-bond donors (Lipinski definition) is 0. The lowest BCUT2D eigenvalue weighted by atomic mass is 9.88. The summed E-state index contributed by atoms with van der Waals surface area (Å²) < 4.78 is 0. The molecule has 0 heteroatoms. The maximum atomic E-state index is 2.28. The van der Waals surface area contributed by atoms with Crippen molar-refractivity contribution in [1.82, 2.24) is 0 Å². The summed E-state index contributed by atoms with van der Waals surface area (Å²) >= 11 is 0. The Kier molecular flexibility index (Phi) is 5.01. The minimum atomic E-state index is 1.15. The van der Waals surface area contributed by atoms with Gasteiger partial charge >= 0.3 is 0 Å². The van der Waals surface area contributed by atoms with Crippen LogP contribution in [0, 0.1) is 20.8 Å². The van der Waals surface area contributed by atoms with Crippen molar-refractivity contribution >= 4 is 5.57 Å². The van der Waals surface area contributed by atoms with Crippen LogP contribution in [0.25, 0.3) is 5.57 Å². The first-order valence-corrected chi connectivity index (χ1v) is 7.87. The summed E-state index contributed by atoms with van der Waals surface area (Å²) in [6, 6.07) is 15.7. The molecule has 0 N–H and O–H groups in total. The SMILES string of the molecule is CCC/C(C)=C(/c1ccc(C)cc1)c1ccc(C)cc1C. The topological polar surface area (TPSA) is 0 Å². The molecule has 2 aromatic rings. The van der Waals surface area contributed by atoms with Crippen molar-refractivity contribution in [2.75, 3.05) is 0 Å². The molecule has 0 bridgehead atoms.